The zero-order valence-electron chi connectivity index (χ0n) is 13.1. The van der Waals surface area contributed by atoms with Gasteiger partial charge in [-0.05, 0) is 25.7 Å². The molecule has 0 aromatic heterocycles. The van der Waals surface area contributed by atoms with Gasteiger partial charge in [-0.25, -0.2) is 0 Å². The molecule has 0 spiro atoms. The molecule has 0 radical (unpaired) electrons. The molecule has 0 bridgehead atoms. The lowest BCUT2D eigenvalue weighted by atomic mass is 9.91. The topological polar surface area (TPSA) is 53.7 Å². The van der Waals surface area contributed by atoms with Gasteiger partial charge in [0.1, 0.15) is 0 Å². The smallest absolute Gasteiger partial charge is 0.0701 e. The van der Waals surface area contributed by atoms with Crippen LogP contribution >= 0.6 is 0 Å². The summed E-state index contributed by atoms with van der Waals surface area (Å²) in [6.45, 7) is 10.6. The van der Waals surface area contributed by atoms with Crippen LogP contribution in [0.4, 0.5) is 0 Å². The number of nitrogens with two attached hydrogens (primary N) is 1. The quantitative estimate of drug-likeness (QED) is 0.495. The first-order chi connectivity index (χ1) is 9.18. The average Bonchev–Trinajstić information content (AvgIpc) is 2.44. The molecule has 0 aromatic carbocycles. The maximum absolute atomic E-state index is 6.19. The Morgan fingerprint density at radius 1 is 0.737 bits per heavy atom. The van der Waals surface area contributed by atoms with Crippen molar-refractivity contribution in [3.63, 3.8) is 0 Å². The minimum Gasteiger partial charge on any atom is -0.379 e. The van der Waals surface area contributed by atoms with Crippen molar-refractivity contribution in [3.8, 4) is 0 Å². The van der Waals surface area contributed by atoms with Gasteiger partial charge < -0.3 is 19.9 Å². The second-order valence-corrected chi connectivity index (χ2v) is 5.01. The third-order valence-electron chi connectivity index (χ3n) is 3.54. The van der Waals surface area contributed by atoms with Gasteiger partial charge in [-0.15, -0.1) is 0 Å². The largest absolute Gasteiger partial charge is 0.379 e. The van der Waals surface area contributed by atoms with E-state index in [1.165, 1.54) is 6.42 Å². The first-order valence-electron chi connectivity index (χ1n) is 7.70. The molecule has 0 saturated heterocycles. The van der Waals surface area contributed by atoms with Gasteiger partial charge in [0.25, 0.3) is 0 Å². The van der Waals surface area contributed by atoms with Crippen molar-refractivity contribution < 1.29 is 14.2 Å². The summed E-state index contributed by atoms with van der Waals surface area (Å²) in [5.41, 5.74) is 6.13. The lowest BCUT2D eigenvalue weighted by Gasteiger charge is -2.26. The molecular formula is C15H33NO3. The molecule has 0 amide bonds. The monoisotopic (exact) mass is 275 g/mol. The molecule has 0 aromatic rings. The van der Waals surface area contributed by atoms with Crippen LogP contribution in [0.15, 0.2) is 0 Å². The van der Waals surface area contributed by atoms with E-state index >= 15 is 0 Å². The molecule has 0 fully saturated rings. The molecule has 4 heteroatoms. The van der Waals surface area contributed by atoms with Gasteiger partial charge in [-0.3, -0.25) is 0 Å². The molecule has 0 atom stereocenters. The Morgan fingerprint density at radius 3 is 1.68 bits per heavy atom. The molecule has 0 rings (SSSR count). The molecule has 0 unspecified atom stereocenters. The van der Waals surface area contributed by atoms with E-state index in [0.29, 0.717) is 33.0 Å². The Hall–Kier alpha value is -0.160. The Bertz CT molecular complexity index is 184. The summed E-state index contributed by atoms with van der Waals surface area (Å²) in [4.78, 5) is 0. The molecule has 19 heavy (non-hydrogen) atoms. The third-order valence-corrected chi connectivity index (χ3v) is 3.54. The van der Waals surface area contributed by atoms with Crippen molar-refractivity contribution in [1.29, 1.82) is 0 Å². The highest BCUT2D eigenvalue weighted by molar-refractivity contribution is 4.80. The first-order valence-corrected chi connectivity index (χ1v) is 7.70. The maximum Gasteiger partial charge on any atom is 0.0701 e. The number of unbranched alkanes of at least 4 members (excludes halogenated alkanes) is 1. The van der Waals surface area contributed by atoms with Crippen LogP contribution in [0, 0.1) is 0 Å². The number of hydrogen-bond acceptors (Lipinski definition) is 4. The van der Waals surface area contributed by atoms with Crippen molar-refractivity contribution in [2.75, 3.05) is 39.6 Å². The van der Waals surface area contributed by atoms with Gasteiger partial charge in [0.15, 0.2) is 0 Å². The third kappa shape index (κ3) is 11.4. The van der Waals surface area contributed by atoms with E-state index < -0.39 is 0 Å². The lowest BCUT2D eigenvalue weighted by molar-refractivity contribution is 0.0108. The Morgan fingerprint density at radius 2 is 1.21 bits per heavy atom. The van der Waals surface area contributed by atoms with Crippen LogP contribution in [0.1, 0.15) is 52.9 Å². The van der Waals surface area contributed by atoms with Crippen LogP contribution < -0.4 is 5.73 Å². The van der Waals surface area contributed by atoms with Crippen LogP contribution in [0.3, 0.4) is 0 Å². The minimum atomic E-state index is -0.0615. The Kier molecular flexibility index (Phi) is 12.7. The highest BCUT2D eigenvalue weighted by atomic mass is 16.5. The van der Waals surface area contributed by atoms with Crippen LogP contribution in [0.2, 0.25) is 0 Å². The van der Waals surface area contributed by atoms with Gasteiger partial charge >= 0.3 is 0 Å². The van der Waals surface area contributed by atoms with Gasteiger partial charge in [0, 0.05) is 18.8 Å². The van der Waals surface area contributed by atoms with E-state index in [4.69, 9.17) is 19.9 Å². The summed E-state index contributed by atoms with van der Waals surface area (Å²) in [5, 5.41) is 0. The molecular weight excluding hydrogens is 242 g/mol. The first kappa shape index (κ1) is 18.8. The summed E-state index contributed by atoms with van der Waals surface area (Å²) in [5.74, 6) is 0. The Labute approximate surface area is 119 Å². The summed E-state index contributed by atoms with van der Waals surface area (Å²) >= 11 is 0. The highest BCUT2D eigenvalue weighted by Gasteiger charge is 2.19. The van der Waals surface area contributed by atoms with Crippen molar-refractivity contribution in [3.05, 3.63) is 0 Å². The summed E-state index contributed by atoms with van der Waals surface area (Å²) in [6, 6.07) is 0. The fourth-order valence-corrected chi connectivity index (χ4v) is 1.67. The predicted octanol–water partition coefficient (Wildman–Crippen LogP) is 2.74. The zero-order chi connectivity index (χ0) is 14.4. The van der Waals surface area contributed by atoms with Crippen LogP contribution in [-0.4, -0.2) is 45.2 Å². The normalized spacial score (nSPS) is 12.0. The summed E-state index contributed by atoms with van der Waals surface area (Å²) < 4.78 is 16.3. The zero-order valence-corrected chi connectivity index (χ0v) is 13.1. The molecule has 0 aliphatic rings. The highest BCUT2D eigenvalue weighted by Crippen LogP contribution is 2.15. The van der Waals surface area contributed by atoms with Crippen molar-refractivity contribution >= 4 is 0 Å². The lowest BCUT2D eigenvalue weighted by Crippen LogP contribution is -2.39. The maximum atomic E-state index is 6.19. The van der Waals surface area contributed by atoms with Crippen LogP contribution in [-0.2, 0) is 14.2 Å². The molecule has 0 aliphatic carbocycles. The molecule has 2 N–H and O–H groups in total. The Balaban J connectivity index is 3.19. The predicted molar refractivity (Wildman–Crippen MR) is 79.5 cm³/mol. The van der Waals surface area contributed by atoms with Crippen molar-refractivity contribution in [2.24, 2.45) is 5.73 Å². The summed E-state index contributed by atoms with van der Waals surface area (Å²) in [7, 11) is 0. The number of ether oxygens (including phenoxy) is 3. The standard InChI is InChI=1S/C15H33NO3/c1-4-7-9-17-11-13-19-14-12-18-10-8-15(16,5-2)6-3/h4-14,16H2,1-3H3. The second kappa shape index (κ2) is 12.9. The number of hydrogen-bond donors (Lipinski definition) is 1. The SMILES string of the molecule is CCCCOCCOCCOCCC(N)(CC)CC. The van der Waals surface area contributed by atoms with Gasteiger partial charge in [0.05, 0.1) is 26.4 Å². The molecule has 116 valence electrons. The van der Waals surface area contributed by atoms with Crippen molar-refractivity contribution in [2.45, 2.75) is 58.4 Å². The van der Waals surface area contributed by atoms with E-state index in [2.05, 4.69) is 20.8 Å². The molecule has 0 heterocycles. The summed E-state index contributed by atoms with van der Waals surface area (Å²) in [6.07, 6.45) is 5.21. The van der Waals surface area contributed by atoms with Crippen LogP contribution in [0.25, 0.3) is 0 Å². The second-order valence-electron chi connectivity index (χ2n) is 5.01. The van der Waals surface area contributed by atoms with Gasteiger partial charge in [-0.2, -0.15) is 0 Å². The fourth-order valence-electron chi connectivity index (χ4n) is 1.67. The number of rotatable bonds is 14. The van der Waals surface area contributed by atoms with Gasteiger partial charge in [-0.1, -0.05) is 27.2 Å². The van der Waals surface area contributed by atoms with Gasteiger partial charge in [0.2, 0.25) is 0 Å². The van der Waals surface area contributed by atoms with Crippen LogP contribution in [0.5, 0.6) is 0 Å². The van der Waals surface area contributed by atoms with E-state index in [1.807, 2.05) is 0 Å². The molecule has 0 aliphatic heterocycles. The van der Waals surface area contributed by atoms with E-state index in [9.17, 15) is 0 Å². The van der Waals surface area contributed by atoms with E-state index in [1.54, 1.807) is 0 Å². The molecule has 4 nitrogen and oxygen atoms in total. The van der Waals surface area contributed by atoms with E-state index in [-0.39, 0.29) is 5.54 Å². The van der Waals surface area contributed by atoms with E-state index in [0.717, 1.165) is 32.3 Å². The molecule has 0 saturated carbocycles. The fraction of sp³-hybridized carbons (Fsp3) is 1.00. The van der Waals surface area contributed by atoms with Crippen molar-refractivity contribution in [1.82, 2.24) is 0 Å². The minimum absolute atomic E-state index is 0.0615. The average molecular weight is 275 g/mol.